The number of halogens is 1. The van der Waals surface area contributed by atoms with E-state index < -0.39 is 12.1 Å². The lowest BCUT2D eigenvalue weighted by atomic mass is 10.5. The van der Waals surface area contributed by atoms with Crippen LogP contribution in [0.25, 0.3) is 0 Å². The zero-order chi connectivity index (χ0) is 7.28. The normalized spacial score (nSPS) is 11.7. The van der Waals surface area contributed by atoms with Crippen LogP contribution in [0.5, 0.6) is 0 Å². The van der Waals surface area contributed by atoms with Crippen LogP contribution < -0.4 is 0 Å². The van der Waals surface area contributed by atoms with E-state index in [9.17, 15) is 4.79 Å². The number of alkyl halides is 1. The third kappa shape index (κ3) is 3.98. The summed E-state index contributed by atoms with van der Waals surface area (Å²) in [6, 6.07) is 1.77. The first-order valence-electron chi connectivity index (χ1n) is 2.35. The number of hydrogen-bond acceptors (Lipinski definition) is 3. The molecule has 0 aromatic carbocycles. The lowest BCUT2D eigenvalue weighted by Gasteiger charge is -2.01. The second-order valence-corrected chi connectivity index (χ2v) is 1.96. The number of esters is 1. The van der Waals surface area contributed by atoms with Crippen LogP contribution in [0.1, 0.15) is 6.92 Å². The molecule has 1 unspecified atom stereocenters. The molecule has 0 bridgehead atoms. The quantitative estimate of drug-likeness (QED) is 0.481. The minimum atomic E-state index is -0.643. The van der Waals surface area contributed by atoms with Gasteiger partial charge in [-0.05, 0) is 6.92 Å². The van der Waals surface area contributed by atoms with Gasteiger partial charge in [0.1, 0.15) is 11.4 Å². The Morgan fingerprint density at radius 2 is 2.56 bits per heavy atom. The van der Waals surface area contributed by atoms with Crippen LogP contribution in [-0.2, 0) is 9.53 Å². The highest BCUT2D eigenvalue weighted by Crippen LogP contribution is 1.91. The van der Waals surface area contributed by atoms with Gasteiger partial charge in [0.2, 0.25) is 0 Å². The number of carbonyl (C=O) groups is 1. The van der Waals surface area contributed by atoms with Gasteiger partial charge in [-0.3, -0.25) is 4.79 Å². The van der Waals surface area contributed by atoms with E-state index >= 15 is 0 Å². The molecule has 50 valence electrons. The van der Waals surface area contributed by atoms with E-state index in [0.717, 1.165) is 0 Å². The van der Waals surface area contributed by atoms with Gasteiger partial charge in [-0.2, -0.15) is 5.26 Å². The summed E-state index contributed by atoms with van der Waals surface area (Å²) in [5.74, 6) is -0.413. The van der Waals surface area contributed by atoms with Crippen LogP contribution in [0.15, 0.2) is 0 Å². The van der Waals surface area contributed by atoms with Crippen molar-refractivity contribution in [3.63, 3.8) is 0 Å². The van der Waals surface area contributed by atoms with Crippen LogP contribution in [0.3, 0.4) is 0 Å². The Morgan fingerprint density at radius 3 is 2.89 bits per heavy atom. The molecule has 0 radical (unpaired) electrons. The number of hydrogen-bond donors (Lipinski definition) is 0. The van der Waals surface area contributed by atoms with Crippen molar-refractivity contribution in [1.29, 1.82) is 5.26 Å². The summed E-state index contributed by atoms with van der Waals surface area (Å²) < 4.78 is 4.50. The molecular weight excluding hydrogens is 186 g/mol. The van der Waals surface area contributed by atoms with Crippen LogP contribution in [0.2, 0.25) is 0 Å². The van der Waals surface area contributed by atoms with Gasteiger partial charge in [0.25, 0.3) is 0 Å². The maximum absolute atomic E-state index is 10.4. The van der Waals surface area contributed by atoms with E-state index in [2.05, 4.69) is 20.7 Å². The summed E-state index contributed by atoms with van der Waals surface area (Å²) in [4.78, 5) is 10.4. The fourth-order valence-corrected chi connectivity index (χ4v) is 0.387. The molecule has 0 aromatic heterocycles. The first-order chi connectivity index (χ1) is 4.20. The molecule has 0 aliphatic carbocycles. The molecule has 1 atom stereocenters. The molecule has 0 heterocycles. The number of ether oxygens (including phenoxy) is 1. The summed E-state index contributed by atoms with van der Waals surface area (Å²) >= 11 is 2.89. The molecule has 0 rings (SSSR count). The van der Waals surface area contributed by atoms with Crippen molar-refractivity contribution < 1.29 is 9.53 Å². The highest BCUT2D eigenvalue weighted by molar-refractivity contribution is 9.09. The van der Waals surface area contributed by atoms with Gasteiger partial charge in [-0.1, -0.05) is 15.9 Å². The second kappa shape index (κ2) is 4.33. The summed E-state index contributed by atoms with van der Waals surface area (Å²) in [7, 11) is 0. The Kier molecular flexibility index (Phi) is 4.06. The van der Waals surface area contributed by atoms with Gasteiger partial charge in [0, 0.05) is 0 Å². The molecule has 0 saturated heterocycles. The molecule has 9 heavy (non-hydrogen) atoms. The van der Waals surface area contributed by atoms with E-state index in [-0.39, 0.29) is 5.33 Å². The molecule has 3 nitrogen and oxygen atoms in total. The SMILES string of the molecule is CC(C#N)OC(=O)CBr. The van der Waals surface area contributed by atoms with Crippen LogP contribution in [0, 0.1) is 11.3 Å². The minimum Gasteiger partial charge on any atom is -0.447 e. The lowest BCUT2D eigenvalue weighted by molar-refractivity contribution is -0.142. The summed E-state index contributed by atoms with van der Waals surface area (Å²) in [6.07, 6.45) is -0.643. The van der Waals surface area contributed by atoms with Gasteiger partial charge < -0.3 is 4.74 Å². The number of carbonyl (C=O) groups excluding carboxylic acids is 1. The van der Waals surface area contributed by atoms with Gasteiger partial charge in [0.05, 0.1) is 0 Å². The van der Waals surface area contributed by atoms with Crippen LogP contribution >= 0.6 is 15.9 Å². The fourth-order valence-electron chi connectivity index (χ4n) is 0.255. The van der Waals surface area contributed by atoms with Crippen molar-refractivity contribution in [3.05, 3.63) is 0 Å². The van der Waals surface area contributed by atoms with Crippen molar-refractivity contribution in [2.75, 3.05) is 5.33 Å². The molecule has 0 aliphatic rings. The van der Waals surface area contributed by atoms with Crippen molar-refractivity contribution in [2.24, 2.45) is 0 Å². The van der Waals surface area contributed by atoms with Crippen molar-refractivity contribution in [3.8, 4) is 6.07 Å². The first kappa shape index (κ1) is 8.44. The molecule has 4 heteroatoms. The molecule has 0 spiro atoms. The highest BCUT2D eigenvalue weighted by atomic mass is 79.9. The maximum Gasteiger partial charge on any atom is 0.317 e. The standard InChI is InChI=1S/C5H6BrNO2/c1-4(3-7)9-5(8)2-6/h4H,2H2,1H3. The predicted octanol–water partition coefficient (Wildman–Crippen LogP) is 0.837. The average molecular weight is 192 g/mol. The number of nitrogens with zero attached hydrogens (tertiary/aromatic N) is 1. The Hall–Kier alpha value is -0.560. The highest BCUT2D eigenvalue weighted by Gasteiger charge is 2.04. The van der Waals surface area contributed by atoms with E-state index in [1.807, 2.05) is 0 Å². The summed E-state index contributed by atoms with van der Waals surface area (Å²) in [5.41, 5.74) is 0. The molecular formula is C5H6BrNO2. The Bertz CT molecular complexity index is 140. The third-order valence-corrected chi connectivity index (χ3v) is 1.06. The molecule has 0 saturated carbocycles. The van der Waals surface area contributed by atoms with E-state index in [1.165, 1.54) is 6.92 Å². The molecule has 0 N–H and O–H groups in total. The number of nitriles is 1. The topological polar surface area (TPSA) is 50.1 Å². The zero-order valence-electron chi connectivity index (χ0n) is 4.93. The van der Waals surface area contributed by atoms with Gasteiger partial charge in [-0.25, -0.2) is 0 Å². The fraction of sp³-hybridized carbons (Fsp3) is 0.600. The van der Waals surface area contributed by atoms with Gasteiger partial charge >= 0.3 is 5.97 Å². The Morgan fingerprint density at radius 1 is 2.00 bits per heavy atom. The smallest absolute Gasteiger partial charge is 0.317 e. The van der Waals surface area contributed by atoms with E-state index in [1.54, 1.807) is 6.07 Å². The van der Waals surface area contributed by atoms with Crippen LogP contribution in [-0.4, -0.2) is 17.4 Å². The largest absolute Gasteiger partial charge is 0.447 e. The minimum absolute atomic E-state index is 0.138. The van der Waals surface area contributed by atoms with E-state index in [4.69, 9.17) is 5.26 Å². The van der Waals surface area contributed by atoms with Crippen LogP contribution in [0.4, 0.5) is 0 Å². The van der Waals surface area contributed by atoms with Gasteiger partial charge in [-0.15, -0.1) is 0 Å². The maximum atomic E-state index is 10.4. The second-order valence-electron chi connectivity index (χ2n) is 1.39. The summed E-state index contributed by atoms with van der Waals surface area (Å²) in [5, 5.41) is 8.27. The van der Waals surface area contributed by atoms with Gasteiger partial charge in [0.15, 0.2) is 6.10 Å². The average Bonchev–Trinajstić information content (AvgIpc) is 1.87. The first-order valence-corrected chi connectivity index (χ1v) is 3.48. The third-order valence-electron chi connectivity index (χ3n) is 0.599. The Balaban J connectivity index is 3.50. The number of rotatable bonds is 2. The van der Waals surface area contributed by atoms with Crippen molar-refractivity contribution in [2.45, 2.75) is 13.0 Å². The zero-order valence-corrected chi connectivity index (χ0v) is 6.51. The van der Waals surface area contributed by atoms with Crippen molar-refractivity contribution in [1.82, 2.24) is 0 Å². The predicted molar refractivity (Wildman–Crippen MR) is 35.0 cm³/mol. The molecule has 0 aromatic rings. The molecule has 0 amide bonds. The molecule has 0 aliphatic heterocycles. The van der Waals surface area contributed by atoms with Crippen molar-refractivity contribution >= 4 is 21.9 Å². The molecule has 0 fully saturated rings. The lowest BCUT2D eigenvalue weighted by Crippen LogP contribution is -2.13. The van der Waals surface area contributed by atoms with E-state index in [0.29, 0.717) is 0 Å². The Labute approximate surface area is 61.7 Å². The summed E-state index contributed by atoms with van der Waals surface area (Å²) in [6.45, 7) is 1.51. The monoisotopic (exact) mass is 191 g/mol.